The summed E-state index contributed by atoms with van der Waals surface area (Å²) in [6, 6.07) is 0.452. The molecule has 0 aromatic carbocycles. The molecular weight excluding hydrogens is 136 g/mol. The highest BCUT2D eigenvalue weighted by molar-refractivity contribution is 4.80. The van der Waals surface area contributed by atoms with Crippen LogP contribution < -0.4 is 11.3 Å². The van der Waals surface area contributed by atoms with E-state index in [1.165, 1.54) is 25.7 Å². The summed E-state index contributed by atoms with van der Waals surface area (Å²) >= 11 is 0. The minimum atomic E-state index is 0.452. The molecule has 1 rings (SSSR count). The van der Waals surface area contributed by atoms with Gasteiger partial charge >= 0.3 is 0 Å². The maximum atomic E-state index is 5.37. The quantitative estimate of drug-likeness (QED) is 0.346. The number of rotatable bonds is 6. The molecule has 1 aliphatic rings. The van der Waals surface area contributed by atoms with Crippen LogP contribution in [-0.4, -0.2) is 6.04 Å². The zero-order valence-electron chi connectivity index (χ0n) is 7.05. The van der Waals surface area contributed by atoms with Gasteiger partial charge in [-0.2, -0.15) is 0 Å². The Bertz CT molecular complexity index is 119. The molecule has 0 spiro atoms. The van der Waals surface area contributed by atoms with Crippen LogP contribution in [-0.2, 0) is 0 Å². The van der Waals surface area contributed by atoms with Gasteiger partial charge in [-0.25, -0.2) is 0 Å². The van der Waals surface area contributed by atoms with Crippen molar-refractivity contribution >= 4 is 0 Å². The van der Waals surface area contributed by atoms with Crippen LogP contribution in [0.15, 0.2) is 12.7 Å². The summed E-state index contributed by atoms with van der Waals surface area (Å²) in [5.41, 5.74) is 2.81. The Morgan fingerprint density at radius 3 is 2.82 bits per heavy atom. The third kappa shape index (κ3) is 3.54. The van der Waals surface area contributed by atoms with Crippen molar-refractivity contribution in [1.82, 2.24) is 5.43 Å². The number of nitrogens with one attached hydrogen (secondary N) is 1. The fraction of sp³-hybridized carbons (Fsp3) is 0.778. The fourth-order valence-corrected chi connectivity index (χ4v) is 1.31. The van der Waals surface area contributed by atoms with Crippen LogP contribution >= 0.6 is 0 Å². The minimum absolute atomic E-state index is 0.452. The van der Waals surface area contributed by atoms with E-state index in [0.29, 0.717) is 6.04 Å². The van der Waals surface area contributed by atoms with E-state index in [0.717, 1.165) is 12.3 Å². The molecule has 1 atom stereocenters. The second-order valence-corrected chi connectivity index (χ2v) is 3.41. The minimum Gasteiger partial charge on any atom is -0.271 e. The first-order valence-corrected chi connectivity index (χ1v) is 4.44. The predicted molar refractivity (Wildman–Crippen MR) is 47.9 cm³/mol. The molecule has 0 heterocycles. The highest BCUT2D eigenvalue weighted by atomic mass is 15.2. The third-order valence-electron chi connectivity index (χ3n) is 2.31. The van der Waals surface area contributed by atoms with E-state index in [2.05, 4.69) is 12.0 Å². The zero-order chi connectivity index (χ0) is 8.10. The highest BCUT2D eigenvalue weighted by Gasteiger charge is 2.21. The van der Waals surface area contributed by atoms with Gasteiger partial charge in [-0.3, -0.25) is 11.3 Å². The van der Waals surface area contributed by atoms with Crippen LogP contribution in [0.1, 0.15) is 32.1 Å². The molecule has 0 saturated heterocycles. The third-order valence-corrected chi connectivity index (χ3v) is 2.31. The monoisotopic (exact) mass is 154 g/mol. The first-order valence-electron chi connectivity index (χ1n) is 4.44. The Kier molecular flexibility index (Phi) is 3.60. The van der Waals surface area contributed by atoms with Crippen LogP contribution in [0.3, 0.4) is 0 Å². The van der Waals surface area contributed by atoms with Crippen molar-refractivity contribution in [2.45, 2.75) is 38.1 Å². The Morgan fingerprint density at radius 2 is 2.36 bits per heavy atom. The lowest BCUT2D eigenvalue weighted by atomic mass is 10.1. The van der Waals surface area contributed by atoms with Gasteiger partial charge in [-0.1, -0.05) is 18.9 Å². The van der Waals surface area contributed by atoms with Crippen molar-refractivity contribution in [1.29, 1.82) is 0 Å². The van der Waals surface area contributed by atoms with E-state index in [4.69, 9.17) is 5.84 Å². The van der Waals surface area contributed by atoms with Crippen LogP contribution in [0.25, 0.3) is 0 Å². The lowest BCUT2D eigenvalue weighted by molar-refractivity contribution is 0.468. The van der Waals surface area contributed by atoms with Gasteiger partial charge in [-0.05, 0) is 25.2 Å². The summed E-state index contributed by atoms with van der Waals surface area (Å²) in [6.45, 7) is 3.70. The van der Waals surface area contributed by atoms with E-state index in [1.807, 2.05) is 6.08 Å². The van der Waals surface area contributed by atoms with E-state index in [1.54, 1.807) is 0 Å². The van der Waals surface area contributed by atoms with Crippen molar-refractivity contribution < 1.29 is 0 Å². The van der Waals surface area contributed by atoms with Crippen molar-refractivity contribution in [3.63, 3.8) is 0 Å². The Balaban J connectivity index is 2.03. The van der Waals surface area contributed by atoms with Crippen molar-refractivity contribution in [2.24, 2.45) is 11.8 Å². The SMILES string of the molecule is C=CCC(CCC1CC1)NN. The molecule has 2 nitrogen and oxygen atoms in total. The summed E-state index contributed by atoms with van der Waals surface area (Å²) < 4.78 is 0. The molecule has 0 aliphatic heterocycles. The van der Waals surface area contributed by atoms with Gasteiger partial charge in [0.25, 0.3) is 0 Å². The maximum absolute atomic E-state index is 5.37. The topological polar surface area (TPSA) is 38.0 Å². The lowest BCUT2D eigenvalue weighted by Crippen LogP contribution is -2.34. The fourth-order valence-electron chi connectivity index (χ4n) is 1.31. The van der Waals surface area contributed by atoms with Crippen LogP contribution in [0.4, 0.5) is 0 Å². The molecule has 1 fully saturated rings. The van der Waals surface area contributed by atoms with Gasteiger partial charge in [0.1, 0.15) is 0 Å². The molecule has 0 aromatic rings. The molecule has 64 valence electrons. The Labute approximate surface area is 68.8 Å². The van der Waals surface area contributed by atoms with Gasteiger partial charge in [0, 0.05) is 6.04 Å². The number of hydrogen-bond donors (Lipinski definition) is 2. The summed E-state index contributed by atoms with van der Waals surface area (Å²) in [5.74, 6) is 6.38. The van der Waals surface area contributed by atoms with Crippen molar-refractivity contribution in [3.8, 4) is 0 Å². The lowest BCUT2D eigenvalue weighted by Gasteiger charge is -2.12. The van der Waals surface area contributed by atoms with E-state index >= 15 is 0 Å². The predicted octanol–water partition coefficient (Wildman–Crippen LogP) is 1.58. The van der Waals surface area contributed by atoms with Gasteiger partial charge < -0.3 is 0 Å². The average molecular weight is 154 g/mol. The van der Waals surface area contributed by atoms with E-state index in [-0.39, 0.29) is 0 Å². The second kappa shape index (κ2) is 4.52. The first-order chi connectivity index (χ1) is 5.36. The van der Waals surface area contributed by atoms with Crippen LogP contribution in [0, 0.1) is 5.92 Å². The molecule has 0 radical (unpaired) electrons. The molecule has 1 aliphatic carbocycles. The van der Waals surface area contributed by atoms with Crippen LogP contribution in [0.2, 0.25) is 0 Å². The Hall–Kier alpha value is -0.340. The smallest absolute Gasteiger partial charge is 0.0245 e. The van der Waals surface area contributed by atoms with E-state index < -0.39 is 0 Å². The molecule has 0 amide bonds. The highest BCUT2D eigenvalue weighted by Crippen LogP contribution is 2.33. The second-order valence-electron chi connectivity index (χ2n) is 3.41. The maximum Gasteiger partial charge on any atom is 0.0245 e. The van der Waals surface area contributed by atoms with Crippen molar-refractivity contribution in [2.75, 3.05) is 0 Å². The van der Waals surface area contributed by atoms with Gasteiger partial charge in [-0.15, -0.1) is 6.58 Å². The summed E-state index contributed by atoms with van der Waals surface area (Å²) in [5, 5.41) is 0. The summed E-state index contributed by atoms with van der Waals surface area (Å²) in [7, 11) is 0. The molecule has 1 unspecified atom stereocenters. The van der Waals surface area contributed by atoms with E-state index in [9.17, 15) is 0 Å². The molecular formula is C9H18N2. The zero-order valence-corrected chi connectivity index (χ0v) is 7.05. The standard InChI is InChI=1S/C9H18N2/c1-2-3-9(11-10)7-6-8-4-5-8/h2,8-9,11H,1,3-7,10H2. The number of nitrogens with two attached hydrogens (primary N) is 1. The molecule has 0 aromatic heterocycles. The summed E-state index contributed by atoms with van der Waals surface area (Å²) in [6.07, 6.45) is 8.33. The Morgan fingerprint density at radius 1 is 1.64 bits per heavy atom. The normalized spacial score (nSPS) is 19.7. The van der Waals surface area contributed by atoms with Crippen LogP contribution in [0.5, 0.6) is 0 Å². The van der Waals surface area contributed by atoms with Gasteiger partial charge in [0.15, 0.2) is 0 Å². The molecule has 0 bridgehead atoms. The molecule has 1 saturated carbocycles. The molecule has 11 heavy (non-hydrogen) atoms. The number of hydrogen-bond acceptors (Lipinski definition) is 2. The number of hydrazine groups is 1. The van der Waals surface area contributed by atoms with Gasteiger partial charge in [0.2, 0.25) is 0 Å². The van der Waals surface area contributed by atoms with Crippen molar-refractivity contribution in [3.05, 3.63) is 12.7 Å². The first kappa shape index (κ1) is 8.75. The van der Waals surface area contributed by atoms with Gasteiger partial charge in [0.05, 0.1) is 0 Å². The molecule has 3 N–H and O–H groups in total. The average Bonchev–Trinajstić information content (AvgIpc) is 2.81. The summed E-state index contributed by atoms with van der Waals surface area (Å²) in [4.78, 5) is 0. The largest absolute Gasteiger partial charge is 0.271 e. The molecule has 2 heteroatoms.